The number of nitrogens with zero attached hydrogens (tertiary/aromatic N) is 2. The number of benzene rings is 1. The number of fused-ring (bicyclic) bond motifs is 4. The van der Waals surface area contributed by atoms with Crippen molar-refractivity contribution < 1.29 is 18.3 Å². The molecule has 4 heterocycles. The quantitative estimate of drug-likeness (QED) is 0.822. The van der Waals surface area contributed by atoms with Crippen molar-refractivity contribution in [3.05, 3.63) is 35.4 Å². The number of amides is 1. The maximum absolute atomic E-state index is 14.1. The molecule has 0 N–H and O–H groups in total. The first kappa shape index (κ1) is 16.9. The summed E-state index contributed by atoms with van der Waals surface area (Å²) in [5, 5.41) is 0. The minimum atomic E-state index is -1.03. The lowest BCUT2D eigenvalue weighted by Gasteiger charge is -2.37. The van der Waals surface area contributed by atoms with Crippen molar-refractivity contribution in [1.82, 2.24) is 9.80 Å². The van der Waals surface area contributed by atoms with Gasteiger partial charge in [0.25, 0.3) is 5.91 Å². The summed E-state index contributed by atoms with van der Waals surface area (Å²) >= 11 is 0. The minimum absolute atomic E-state index is 0.0803. The zero-order chi connectivity index (χ0) is 17.4. The number of ether oxygens (including phenoxy) is 1. The Kier molecular flexibility index (Phi) is 4.73. The Hall–Kier alpha value is -1.53. The molecule has 1 aromatic rings. The lowest BCUT2D eigenvalue weighted by molar-refractivity contribution is 0.0304. The summed E-state index contributed by atoms with van der Waals surface area (Å²) in [5.74, 6) is -1.97. The van der Waals surface area contributed by atoms with Gasteiger partial charge in [0.2, 0.25) is 0 Å². The van der Waals surface area contributed by atoms with Crippen LogP contribution in [0.3, 0.4) is 0 Å². The molecule has 4 fully saturated rings. The first-order chi connectivity index (χ1) is 12.1. The fourth-order valence-corrected chi connectivity index (χ4v) is 4.54. The van der Waals surface area contributed by atoms with E-state index in [1.807, 2.05) is 0 Å². The van der Waals surface area contributed by atoms with Crippen molar-refractivity contribution in [1.29, 1.82) is 0 Å². The Morgan fingerprint density at radius 1 is 1.00 bits per heavy atom. The van der Waals surface area contributed by atoms with Crippen molar-refractivity contribution in [2.75, 3.05) is 32.8 Å². The standard InChI is InChI=1S/C19H24F2N2O2/c20-17-3-1-2-16(18(17)21)19(24)23-11-13-4-5-15(23)12-22(10-13)14-6-8-25-9-7-14/h1-3,13-15H,4-12H2/t13-,15+/m0/s1. The molecule has 4 nitrogen and oxygen atoms in total. The molecule has 25 heavy (non-hydrogen) atoms. The maximum Gasteiger partial charge on any atom is 0.257 e. The number of carbonyl (C=O) groups excluding carboxylic acids is 1. The highest BCUT2D eigenvalue weighted by Crippen LogP contribution is 2.32. The summed E-state index contributed by atoms with van der Waals surface area (Å²) in [5.41, 5.74) is -0.148. The second-order valence-electron chi connectivity index (χ2n) is 7.45. The van der Waals surface area contributed by atoms with E-state index >= 15 is 0 Å². The van der Waals surface area contributed by atoms with Crippen LogP contribution < -0.4 is 0 Å². The molecule has 0 aromatic heterocycles. The van der Waals surface area contributed by atoms with Gasteiger partial charge in [-0.2, -0.15) is 0 Å². The Bertz CT molecular complexity index is 648. The summed E-state index contributed by atoms with van der Waals surface area (Å²) in [6.07, 6.45) is 4.10. The first-order valence-corrected chi connectivity index (χ1v) is 9.20. The average molecular weight is 350 g/mol. The van der Waals surface area contributed by atoms with Crippen LogP contribution in [0.2, 0.25) is 0 Å². The second-order valence-corrected chi connectivity index (χ2v) is 7.45. The molecule has 4 aliphatic rings. The smallest absolute Gasteiger partial charge is 0.257 e. The summed E-state index contributed by atoms with van der Waals surface area (Å²) in [6, 6.07) is 4.42. The van der Waals surface area contributed by atoms with Crippen molar-refractivity contribution in [3.8, 4) is 0 Å². The third-order valence-electron chi connectivity index (χ3n) is 5.89. The molecular formula is C19H24F2N2O2. The molecule has 1 aromatic carbocycles. The van der Waals surface area contributed by atoms with Gasteiger partial charge >= 0.3 is 0 Å². The van der Waals surface area contributed by atoms with Gasteiger partial charge in [0.15, 0.2) is 11.6 Å². The third kappa shape index (κ3) is 3.29. The van der Waals surface area contributed by atoms with E-state index in [1.54, 1.807) is 4.90 Å². The second kappa shape index (κ2) is 7.00. The van der Waals surface area contributed by atoms with Gasteiger partial charge < -0.3 is 9.64 Å². The van der Waals surface area contributed by atoms with Gasteiger partial charge in [-0.05, 0) is 43.7 Å². The van der Waals surface area contributed by atoms with Gasteiger partial charge in [0.05, 0.1) is 5.56 Å². The van der Waals surface area contributed by atoms with Gasteiger partial charge in [-0.3, -0.25) is 9.69 Å². The highest BCUT2D eigenvalue weighted by molar-refractivity contribution is 5.94. The van der Waals surface area contributed by atoms with E-state index in [-0.39, 0.29) is 17.5 Å². The predicted molar refractivity (Wildman–Crippen MR) is 89.3 cm³/mol. The van der Waals surface area contributed by atoms with Crippen molar-refractivity contribution in [2.45, 2.75) is 37.8 Å². The molecule has 0 spiro atoms. The van der Waals surface area contributed by atoms with Crippen LogP contribution in [0.15, 0.2) is 18.2 Å². The van der Waals surface area contributed by atoms with Crippen molar-refractivity contribution in [3.63, 3.8) is 0 Å². The average Bonchev–Trinajstić information content (AvgIpc) is 2.96. The van der Waals surface area contributed by atoms with Crippen LogP contribution in [-0.2, 0) is 4.74 Å². The lowest BCUT2D eigenvalue weighted by atomic mass is 9.94. The van der Waals surface area contributed by atoms with Crippen LogP contribution in [0, 0.1) is 17.6 Å². The van der Waals surface area contributed by atoms with Gasteiger partial charge in [0, 0.05) is 44.9 Å². The maximum atomic E-state index is 14.1. The van der Waals surface area contributed by atoms with Crippen LogP contribution in [0.1, 0.15) is 36.0 Å². The first-order valence-electron chi connectivity index (χ1n) is 9.20. The topological polar surface area (TPSA) is 32.8 Å². The molecule has 6 heteroatoms. The summed E-state index contributed by atoms with van der Waals surface area (Å²) in [4.78, 5) is 17.2. The van der Waals surface area contributed by atoms with E-state index in [1.165, 1.54) is 12.1 Å². The molecule has 4 saturated heterocycles. The Morgan fingerprint density at radius 2 is 1.80 bits per heavy atom. The molecular weight excluding hydrogens is 326 g/mol. The minimum Gasteiger partial charge on any atom is -0.381 e. The summed E-state index contributed by atoms with van der Waals surface area (Å²) in [6.45, 7) is 4.04. The normalized spacial score (nSPS) is 28.2. The number of hydrogen-bond acceptors (Lipinski definition) is 3. The van der Waals surface area contributed by atoms with Gasteiger partial charge in [-0.25, -0.2) is 8.78 Å². The molecule has 0 unspecified atom stereocenters. The molecule has 2 atom stereocenters. The highest BCUT2D eigenvalue weighted by Gasteiger charge is 2.40. The molecule has 4 aliphatic heterocycles. The molecule has 2 bridgehead atoms. The van der Waals surface area contributed by atoms with Crippen LogP contribution in [0.5, 0.6) is 0 Å². The molecule has 0 saturated carbocycles. The molecule has 0 radical (unpaired) electrons. The fraction of sp³-hybridized carbons (Fsp3) is 0.632. The Labute approximate surface area is 146 Å². The zero-order valence-electron chi connectivity index (χ0n) is 14.3. The number of piperidine rings is 1. The number of hydrogen-bond donors (Lipinski definition) is 0. The van der Waals surface area contributed by atoms with E-state index in [4.69, 9.17) is 4.74 Å². The van der Waals surface area contributed by atoms with Gasteiger partial charge in [-0.1, -0.05) is 6.07 Å². The van der Waals surface area contributed by atoms with Crippen LogP contribution in [-0.4, -0.2) is 60.6 Å². The fourth-order valence-electron chi connectivity index (χ4n) is 4.54. The SMILES string of the molecule is O=C(c1cccc(F)c1F)N1C[C@H]2CC[C@@H]1CN(C1CCOCC1)C2. The third-order valence-corrected chi connectivity index (χ3v) is 5.89. The summed E-state index contributed by atoms with van der Waals surface area (Å²) in [7, 11) is 0. The van der Waals surface area contributed by atoms with E-state index in [0.717, 1.165) is 58.1 Å². The van der Waals surface area contributed by atoms with Crippen LogP contribution >= 0.6 is 0 Å². The molecule has 5 rings (SSSR count). The molecule has 0 aliphatic carbocycles. The van der Waals surface area contributed by atoms with E-state index in [2.05, 4.69) is 4.90 Å². The van der Waals surface area contributed by atoms with Gasteiger partial charge in [0.1, 0.15) is 0 Å². The van der Waals surface area contributed by atoms with E-state index < -0.39 is 11.6 Å². The zero-order valence-corrected chi connectivity index (χ0v) is 14.3. The Morgan fingerprint density at radius 3 is 2.60 bits per heavy atom. The van der Waals surface area contributed by atoms with E-state index in [9.17, 15) is 13.6 Å². The molecule has 136 valence electrons. The number of carbonyl (C=O) groups is 1. The monoisotopic (exact) mass is 350 g/mol. The summed E-state index contributed by atoms with van der Waals surface area (Å²) < 4.78 is 33.0. The van der Waals surface area contributed by atoms with Crippen molar-refractivity contribution in [2.24, 2.45) is 5.92 Å². The van der Waals surface area contributed by atoms with Crippen LogP contribution in [0.4, 0.5) is 8.78 Å². The highest BCUT2D eigenvalue weighted by atomic mass is 19.2. The van der Waals surface area contributed by atoms with Crippen molar-refractivity contribution >= 4 is 5.91 Å². The Balaban J connectivity index is 1.54. The lowest BCUT2D eigenvalue weighted by Crippen LogP contribution is -2.48. The van der Waals surface area contributed by atoms with E-state index in [0.29, 0.717) is 18.5 Å². The number of halogens is 2. The largest absolute Gasteiger partial charge is 0.381 e. The van der Waals surface area contributed by atoms with Gasteiger partial charge in [-0.15, -0.1) is 0 Å². The number of rotatable bonds is 2. The molecule has 1 amide bonds. The predicted octanol–water partition coefficient (Wildman–Crippen LogP) is 2.68. The van der Waals surface area contributed by atoms with Crippen LogP contribution in [0.25, 0.3) is 0 Å².